The maximum Gasteiger partial charge on any atom is 0.503 e. The SMILES string of the molecule is C#CCCC.O=C(O)O. The summed E-state index contributed by atoms with van der Waals surface area (Å²) in [5.41, 5.74) is 0. The fourth-order valence-corrected chi connectivity index (χ4v) is 0.144. The molecular weight excluding hydrogens is 120 g/mol. The molecule has 0 fully saturated rings. The van der Waals surface area contributed by atoms with E-state index in [4.69, 9.17) is 21.4 Å². The third kappa shape index (κ3) is 231. The fraction of sp³-hybridized carbons (Fsp3) is 0.500. The van der Waals surface area contributed by atoms with Crippen LogP contribution in [0.15, 0.2) is 0 Å². The summed E-state index contributed by atoms with van der Waals surface area (Å²) in [6.07, 6.45) is 5.08. The standard InChI is InChI=1S/C5H8.CH2O3/c1-3-5-4-2;2-1(3)4/h1H,4-5H2,2H3;(H2,2,3,4). The number of rotatable bonds is 1. The highest BCUT2D eigenvalue weighted by Gasteiger charge is 1.70. The van der Waals surface area contributed by atoms with Crippen molar-refractivity contribution in [3.8, 4) is 12.3 Å². The van der Waals surface area contributed by atoms with Crippen LogP contribution in [0.5, 0.6) is 0 Å². The van der Waals surface area contributed by atoms with E-state index in [1.165, 1.54) is 0 Å². The van der Waals surface area contributed by atoms with Gasteiger partial charge in [-0.3, -0.25) is 0 Å². The zero-order valence-electron chi connectivity index (χ0n) is 5.29. The summed E-state index contributed by atoms with van der Waals surface area (Å²) in [4.78, 5) is 8.56. The zero-order chi connectivity index (χ0) is 7.70. The number of hydrogen-bond donors (Lipinski definition) is 2. The van der Waals surface area contributed by atoms with Gasteiger partial charge in [0.1, 0.15) is 0 Å². The summed E-state index contributed by atoms with van der Waals surface area (Å²) in [6.45, 7) is 2.07. The minimum Gasteiger partial charge on any atom is -0.450 e. The first-order valence-corrected chi connectivity index (χ1v) is 2.50. The average molecular weight is 130 g/mol. The summed E-state index contributed by atoms with van der Waals surface area (Å²) in [5.74, 6) is 2.52. The fourth-order valence-electron chi connectivity index (χ4n) is 0.144. The van der Waals surface area contributed by atoms with Crippen LogP contribution >= 0.6 is 0 Å². The molecular formula is C6H10O3. The molecule has 0 aliphatic rings. The van der Waals surface area contributed by atoms with Gasteiger partial charge < -0.3 is 10.2 Å². The molecule has 0 unspecified atom stereocenters. The van der Waals surface area contributed by atoms with E-state index in [2.05, 4.69) is 12.8 Å². The molecule has 0 amide bonds. The predicted octanol–water partition coefficient (Wildman–Crippen LogP) is 1.64. The van der Waals surface area contributed by atoms with E-state index in [9.17, 15) is 0 Å². The van der Waals surface area contributed by atoms with Crippen LogP contribution in [0.1, 0.15) is 19.8 Å². The molecule has 9 heavy (non-hydrogen) atoms. The second-order valence-corrected chi connectivity index (χ2v) is 1.24. The Morgan fingerprint density at radius 1 is 1.67 bits per heavy atom. The minimum absolute atomic E-state index is 0.917. The Balaban J connectivity index is 0. The van der Waals surface area contributed by atoms with Crippen molar-refractivity contribution < 1.29 is 15.0 Å². The Morgan fingerprint density at radius 2 is 2.00 bits per heavy atom. The molecule has 52 valence electrons. The van der Waals surface area contributed by atoms with E-state index >= 15 is 0 Å². The van der Waals surface area contributed by atoms with Crippen molar-refractivity contribution >= 4 is 6.16 Å². The first-order valence-electron chi connectivity index (χ1n) is 2.50. The summed E-state index contributed by atoms with van der Waals surface area (Å²) >= 11 is 0. The molecule has 0 atom stereocenters. The van der Waals surface area contributed by atoms with Crippen LogP contribution in [0.3, 0.4) is 0 Å². The lowest BCUT2D eigenvalue weighted by Gasteiger charge is -1.69. The Labute approximate surface area is 54.3 Å². The van der Waals surface area contributed by atoms with E-state index in [0.717, 1.165) is 12.8 Å². The highest BCUT2D eigenvalue weighted by molar-refractivity contribution is 5.53. The van der Waals surface area contributed by atoms with Gasteiger partial charge in [-0.25, -0.2) is 4.79 Å². The summed E-state index contributed by atoms with van der Waals surface area (Å²) < 4.78 is 0. The van der Waals surface area contributed by atoms with Gasteiger partial charge in [-0.2, -0.15) is 0 Å². The molecule has 0 saturated heterocycles. The quantitative estimate of drug-likeness (QED) is 0.530. The number of unbranched alkanes of at least 4 members (excludes halogenated alkanes) is 1. The monoisotopic (exact) mass is 130 g/mol. The third-order valence-corrected chi connectivity index (χ3v) is 0.394. The van der Waals surface area contributed by atoms with Crippen molar-refractivity contribution in [3.63, 3.8) is 0 Å². The molecule has 0 bridgehead atoms. The highest BCUT2D eigenvalue weighted by Crippen LogP contribution is 1.77. The molecule has 0 rings (SSSR count). The Morgan fingerprint density at radius 3 is 2.00 bits per heavy atom. The van der Waals surface area contributed by atoms with E-state index in [1.54, 1.807) is 0 Å². The topological polar surface area (TPSA) is 57.5 Å². The molecule has 0 radical (unpaired) electrons. The third-order valence-electron chi connectivity index (χ3n) is 0.394. The van der Waals surface area contributed by atoms with Crippen molar-refractivity contribution in [3.05, 3.63) is 0 Å². The summed E-state index contributed by atoms with van der Waals surface area (Å²) in [7, 11) is 0. The second-order valence-electron chi connectivity index (χ2n) is 1.24. The van der Waals surface area contributed by atoms with Crippen LogP contribution in [0.4, 0.5) is 4.79 Å². The number of hydrogen-bond acceptors (Lipinski definition) is 1. The van der Waals surface area contributed by atoms with Gasteiger partial charge in [-0.05, 0) is 6.42 Å². The van der Waals surface area contributed by atoms with Crippen molar-refractivity contribution in [2.24, 2.45) is 0 Å². The van der Waals surface area contributed by atoms with Gasteiger partial charge in [-0.1, -0.05) is 6.92 Å². The molecule has 0 aromatic carbocycles. The van der Waals surface area contributed by atoms with E-state index < -0.39 is 6.16 Å². The van der Waals surface area contributed by atoms with Gasteiger partial charge in [0.05, 0.1) is 0 Å². The highest BCUT2D eigenvalue weighted by atomic mass is 16.6. The van der Waals surface area contributed by atoms with Gasteiger partial charge in [0.2, 0.25) is 0 Å². The average Bonchev–Trinajstić information content (AvgIpc) is 1.66. The van der Waals surface area contributed by atoms with Crippen molar-refractivity contribution in [2.75, 3.05) is 0 Å². The minimum atomic E-state index is -1.83. The Bertz CT molecular complexity index is 97.4. The molecule has 3 nitrogen and oxygen atoms in total. The first-order chi connectivity index (χ1) is 4.15. The predicted molar refractivity (Wildman–Crippen MR) is 34.4 cm³/mol. The van der Waals surface area contributed by atoms with Crippen molar-refractivity contribution in [1.29, 1.82) is 0 Å². The largest absolute Gasteiger partial charge is 0.503 e. The first kappa shape index (κ1) is 10.7. The Kier molecular flexibility index (Phi) is 11.9. The van der Waals surface area contributed by atoms with Crippen LogP contribution in [-0.4, -0.2) is 16.4 Å². The van der Waals surface area contributed by atoms with Crippen molar-refractivity contribution in [1.82, 2.24) is 0 Å². The molecule has 0 aliphatic carbocycles. The lowest BCUT2D eigenvalue weighted by Crippen LogP contribution is -1.81. The number of terminal acetylenes is 1. The molecule has 0 aromatic heterocycles. The van der Waals surface area contributed by atoms with Gasteiger partial charge in [-0.15, -0.1) is 12.3 Å². The zero-order valence-corrected chi connectivity index (χ0v) is 5.29. The maximum atomic E-state index is 8.56. The van der Waals surface area contributed by atoms with Gasteiger partial charge >= 0.3 is 6.16 Å². The molecule has 0 aromatic rings. The van der Waals surface area contributed by atoms with Crippen LogP contribution in [-0.2, 0) is 0 Å². The number of carbonyl (C=O) groups is 1. The molecule has 0 saturated carbocycles. The van der Waals surface area contributed by atoms with Crippen LogP contribution in [0.25, 0.3) is 0 Å². The molecule has 0 aliphatic heterocycles. The van der Waals surface area contributed by atoms with E-state index in [-0.39, 0.29) is 0 Å². The van der Waals surface area contributed by atoms with Gasteiger partial charge in [0.15, 0.2) is 0 Å². The molecule has 0 spiro atoms. The molecule has 0 heterocycles. The summed E-state index contributed by atoms with van der Waals surface area (Å²) in [5, 5.41) is 13.9. The maximum absolute atomic E-state index is 8.56. The van der Waals surface area contributed by atoms with Gasteiger partial charge in [0, 0.05) is 6.42 Å². The smallest absolute Gasteiger partial charge is 0.450 e. The molecule has 2 N–H and O–H groups in total. The second kappa shape index (κ2) is 9.95. The summed E-state index contributed by atoms with van der Waals surface area (Å²) in [6, 6.07) is 0. The van der Waals surface area contributed by atoms with E-state index in [1.807, 2.05) is 0 Å². The lowest BCUT2D eigenvalue weighted by molar-refractivity contribution is 0.137. The van der Waals surface area contributed by atoms with Crippen molar-refractivity contribution in [2.45, 2.75) is 19.8 Å². The van der Waals surface area contributed by atoms with E-state index in [0.29, 0.717) is 0 Å². The lowest BCUT2D eigenvalue weighted by atomic mass is 10.4. The van der Waals surface area contributed by atoms with Crippen LogP contribution in [0, 0.1) is 12.3 Å². The number of carboxylic acid groups (broad SMARTS) is 2. The normalized spacial score (nSPS) is 6.22. The van der Waals surface area contributed by atoms with Crippen LogP contribution in [0.2, 0.25) is 0 Å². The van der Waals surface area contributed by atoms with Gasteiger partial charge in [0.25, 0.3) is 0 Å². The molecule has 3 heteroatoms. The van der Waals surface area contributed by atoms with Crippen LogP contribution < -0.4 is 0 Å². The Hall–Kier alpha value is -1.17.